The Morgan fingerprint density at radius 3 is 2.48 bits per heavy atom. The van der Waals surface area contributed by atoms with Crippen LogP contribution in [0.3, 0.4) is 0 Å². The zero-order valence-electron chi connectivity index (χ0n) is 15.1. The van der Waals surface area contributed by atoms with E-state index in [1.54, 1.807) is 0 Å². The standard InChI is InChI=1S/C21H24N2O4/c22-18(20(24)25)9-4-10-19(23)21(26)27-12-14-6-3-8-16-15-7-2-1-5-13(15)11-17(14)16/h1-3,5-8,18-19H,4,9-12,22-23H2,(H,24,25)/t18-,19?/m0/s1. The number of hydrogen-bond acceptors (Lipinski definition) is 5. The van der Waals surface area contributed by atoms with Crippen LogP contribution in [0.1, 0.15) is 36.0 Å². The molecule has 6 nitrogen and oxygen atoms in total. The summed E-state index contributed by atoms with van der Waals surface area (Å²) in [5, 5.41) is 8.76. The predicted octanol–water partition coefficient (Wildman–Crippen LogP) is 2.21. The van der Waals surface area contributed by atoms with Crippen molar-refractivity contribution in [3.63, 3.8) is 0 Å². The van der Waals surface area contributed by atoms with Crippen molar-refractivity contribution in [2.24, 2.45) is 11.5 Å². The van der Waals surface area contributed by atoms with Gasteiger partial charge in [0, 0.05) is 0 Å². The molecule has 2 aromatic rings. The van der Waals surface area contributed by atoms with Gasteiger partial charge in [-0.05, 0) is 53.5 Å². The van der Waals surface area contributed by atoms with Gasteiger partial charge in [0.2, 0.25) is 0 Å². The second-order valence-corrected chi connectivity index (χ2v) is 6.87. The van der Waals surface area contributed by atoms with Crippen molar-refractivity contribution in [3.05, 3.63) is 59.2 Å². The summed E-state index contributed by atoms with van der Waals surface area (Å²) in [6, 6.07) is 12.6. The molecule has 0 amide bonds. The monoisotopic (exact) mass is 368 g/mol. The molecule has 27 heavy (non-hydrogen) atoms. The fourth-order valence-corrected chi connectivity index (χ4v) is 3.41. The van der Waals surface area contributed by atoms with Crippen molar-refractivity contribution in [2.45, 2.75) is 44.4 Å². The van der Waals surface area contributed by atoms with Crippen LogP contribution in [0.4, 0.5) is 0 Å². The van der Waals surface area contributed by atoms with Crippen molar-refractivity contribution >= 4 is 11.9 Å². The fraction of sp³-hybridized carbons (Fsp3) is 0.333. The number of carboxylic acids is 1. The maximum absolute atomic E-state index is 12.1. The van der Waals surface area contributed by atoms with E-state index in [2.05, 4.69) is 18.2 Å². The van der Waals surface area contributed by atoms with Gasteiger partial charge in [0.1, 0.15) is 18.7 Å². The SMILES string of the molecule is NC(CCC[C@H](N)C(=O)O)C(=O)OCc1cccc2c1Cc1ccccc1-2. The lowest BCUT2D eigenvalue weighted by atomic mass is 10.0. The maximum atomic E-state index is 12.1. The van der Waals surface area contributed by atoms with Gasteiger partial charge in [-0.15, -0.1) is 0 Å². The third-order valence-electron chi connectivity index (χ3n) is 4.97. The normalized spacial score (nSPS) is 14.1. The lowest BCUT2D eigenvalue weighted by Gasteiger charge is -2.14. The van der Waals surface area contributed by atoms with Crippen LogP contribution in [0.5, 0.6) is 0 Å². The van der Waals surface area contributed by atoms with Crippen molar-refractivity contribution < 1.29 is 19.4 Å². The van der Waals surface area contributed by atoms with Crippen molar-refractivity contribution in [2.75, 3.05) is 0 Å². The van der Waals surface area contributed by atoms with Crippen molar-refractivity contribution in [1.82, 2.24) is 0 Å². The molecule has 5 N–H and O–H groups in total. The molecular formula is C21H24N2O4. The van der Waals surface area contributed by atoms with Gasteiger partial charge in [0.15, 0.2) is 0 Å². The first-order chi connectivity index (χ1) is 13.0. The van der Waals surface area contributed by atoms with Crippen molar-refractivity contribution in [3.8, 4) is 11.1 Å². The Kier molecular flexibility index (Phi) is 5.88. The van der Waals surface area contributed by atoms with Crippen LogP contribution in [0, 0.1) is 0 Å². The zero-order valence-corrected chi connectivity index (χ0v) is 15.1. The Bertz CT molecular complexity index is 850. The Hall–Kier alpha value is -2.70. The lowest BCUT2D eigenvalue weighted by Crippen LogP contribution is -2.34. The molecular weight excluding hydrogens is 344 g/mol. The molecule has 0 aromatic heterocycles. The number of ether oxygens (including phenoxy) is 1. The summed E-state index contributed by atoms with van der Waals surface area (Å²) >= 11 is 0. The fourth-order valence-electron chi connectivity index (χ4n) is 3.41. The molecule has 1 aliphatic carbocycles. The summed E-state index contributed by atoms with van der Waals surface area (Å²) in [5.74, 6) is -1.53. The topological polar surface area (TPSA) is 116 Å². The number of carbonyl (C=O) groups excluding carboxylic acids is 1. The maximum Gasteiger partial charge on any atom is 0.323 e. The van der Waals surface area contributed by atoms with Crippen molar-refractivity contribution in [1.29, 1.82) is 0 Å². The highest BCUT2D eigenvalue weighted by atomic mass is 16.5. The highest BCUT2D eigenvalue weighted by Crippen LogP contribution is 2.38. The van der Waals surface area contributed by atoms with Crippen LogP contribution >= 0.6 is 0 Å². The molecule has 0 aliphatic heterocycles. The third-order valence-corrected chi connectivity index (χ3v) is 4.97. The number of carboxylic acid groups (broad SMARTS) is 1. The number of esters is 1. The summed E-state index contributed by atoms with van der Waals surface area (Å²) in [4.78, 5) is 22.8. The Labute approximate surface area is 158 Å². The smallest absolute Gasteiger partial charge is 0.323 e. The first-order valence-corrected chi connectivity index (χ1v) is 9.07. The quantitative estimate of drug-likeness (QED) is 0.525. The summed E-state index contributed by atoms with van der Waals surface area (Å²) in [6.45, 7) is 0.179. The van der Waals surface area contributed by atoms with Crippen LogP contribution in [0.2, 0.25) is 0 Å². The second kappa shape index (κ2) is 8.33. The molecule has 0 heterocycles. The summed E-state index contributed by atoms with van der Waals surface area (Å²) in [6.07, 6.45) is 1.91. The van der Waals surface area contributed by atoms with E-state index in [9.17, 15) is 9.59 Å². The molecule has 0 radical (unpaired) electrons. The molecule has 3 rings (SSSR count). The van der Waals surface area contributed by atoms with Crippen LogP contribution < -0.4 is 11.5 Å². The van der Waals surface area contributed by atoms with E-state index in [-0.39, 0.29) is 13.0 Å². The van der Waals surface area contributed by atoms with Gasteiger partial charge in [-0.25, -0.2) is 0 Å². The Balaban J connectivity index is 1.55. The lowest BCUT2D eigenvalue weighted by molar-refractivity contribution is -0.146. The van der Waals surface area contributed by atoms with E-state index < -0.39 is 24.0 Å². The second-order valence-electron chi connectivity index (χ2n) is 6.87. The molecule has 2 atom stereocenters. The minimum Gasteiger partial charge on any atom is -0.480 e. The van der Waals surface area contributed by atoms with E-state index in [4.69, 9.17) is 21.3 Å². The molecule has 0 saturated carbocycles. The molecule has 142 valence electrons. The molecule has 6 heteroatoms. The Morgan fingerprint density at radius 2 is 1.70 bits per heavy atom. The highest BCUT2D eigenvalue weighted by Gasteiger charge is 2.22. The summed E-state index contributed by atoms with van der Waals surface area (Å²) < 4.78 is 5.41. The molecule has 0 bridgehead atoms. The van der Waals surface area contributed by atoms with Gasteiger partial charge in [-0.1, -0.05) is 42.5 Å². The number of rotatable bonds is 8. The number of benzene rings is 2. The van der Waals surface area contributed by atoms with Crippen LogP contribution in [0.15, 0.2) is 42.5 Å². The summed E-state index contributed by atoms with van der Waals surface area (Å²) in [7, 11) is 0. The number of aliphatic carboxylic acids is 1. The molecule has 1 aliphatic rings. The predicted molar refractivity (Wildman–Crippen MR) is 102 cm³/mol. The van der Waals surface area contributed by atoms with E-state index in [0.717, 1.165) is 12.0 Å². The van der Waals surface area contributed by atoms with E-state index in [1.807, 2.05) is 24.3 Å². The average molecular weight is 368 g/mol. The van der Waals surface area contributed by atoms with Gasteiger partial charge >= 0.3 is 11.9 Å². The molecule has 2 aromatic carbocycles. The van der Waals surface area contributed by atoms with E-state index in [1.165, 1.54) is 22.3 Å². The minimum atomic E-state index is -1.05. The molecule has 0 spiro atoms. The number of carbonyl (C=O) groups is 2. The van der Waals surface area contributed by atoms with Gasteiger partial charge in [-0.2, -0.15) is 0 Å². The molecule has 1 unspecified atom stereocenters. The van der Waals surface area contributed by atoms with E-state index in [0.29, 0.717) is 12.8 Å². The number of hydrogen-bond donors (Lipinski definition) is 3. The third kappa shape index (κ3) is 4.35. The minimum absolute atomic E-state index is 0.179. The first kappa shape index (κ1) is 19.1. The Morgan fingerprint density at radius 1 is 1.00 bits per heavy atom. The van der Waals surface area contributed by atoms with Gasteiger partial charge < -0.3 is 21.3 Å². The molecule has 0 saturated heterocycles. The van der Waals surface area contributed by atoms with Crippen LogP contribution in [-0.2, 0) is 27.4 Å². The molecule has 0 fully saturated rings. The number of fused-ring (bicyclic) bond motifs is 3. The van der Waals surface area contributed by atoms with E-state index >= 15 is 0 Å². The van der Waals surface area contributed by atoms with Gasteiger partial charge in [0.05, 0.1) is 0 Å². The average Bonchev–Trinajstić information content (AvgIpc) is 3.05. The van der Waals surface area contributed by atoms with Crippen LogP contribution in [-0.4, -0.2) is 29.1 Å². The zero-order chi connectivity index (χ0) is 19.4. The number of nitrogens with two attached hydrogens (primary N) is 2. The van der Waals surface area contributed by atoms with Gasteiger partial charge in [-0.3, -0.25) is 9.59 Å². The van der Waals surface area contributed by atoms with Crippen LogP contribution in [0.25, 0.3) is 11.1 Å². The first-order valence-electron chi connectivity index (χ1n) is 9.07. The summed E-state index contributed by atoms with van der Waals surface area (Å²) in [5.41, 5.74) is 17.2. The van der Waals surface area contributed by atoms with Gasteiger partial charge in [0.25, 0.3) is 0 Å². The highest BCUT2D eigenvalue weighted by molar-refractivity contribution is 5.78. The largest absolute Gasteiger partial charge is 0.480 e.